The van der Waals surface area contributed by atoms with Gasteiger partial charge in [-0.05, 0) is 43.5 Å². The van der Waals surface area contributed by atoms with E-state index in [0.717, 1.165) is 12.0 Å². The largest absolute Gasteiger partial charge is 0.478 e. The van der Waals surface area contributed by atoms with Crippen LogP contribution in [0.3, 0.4) is 0 Å². The molecule has 0 aliphatic carbocycles. The number of nitrogens with zero attached hydrogens (tertiary/aromatic N) is 3. The number of hydrogen-bond donors (Lipinski definition) is 1. The summed E-state index contributed by atoms with van der Waals surface area (Å²) in [5, 5.41) is 17.5. The van der Waals surface area contributed by atoms with Crippen molar-refractivity contribution in [2.75, 3.05) is 11.4 Å². The van der Waals surface area contributed by atoms with Crippen LogP contribution in [0.4, 0.5) is 15.9 Å². The van der Waals surface area contributed by atoms with E-state index in [1.807, 2.05) is 0 Å². The molecule has 3 rings (SSSR count). The van der Waals surface area contributed by atoms with Crippen LogP contribution >= 0.6 is 0 Å². The molecule has 0 atom stereocenters. The zero-order valence-corrected chi connectivity index (χ0v) is 11.7. The number of aromatic nitrogens is 2. The van der Waals surface area contributed by atoms with Gasteiger partial charge in [-0.2, -0.15) is 5.10 Å². The van der Waals surface area contributed by atoms with Crippen LogP contribution in [0.2, 0.25) is 0 Å². The van der Waals surface area contributed by atoms with Gasteiger partial charge < -0.3 is 10.0 Å². The lowest BCUT2D eigenvalue weighted by atomic mass is 10.1. The number of carboxylic acids is 1. The summed E-state index contributed by atoms with van der Waals surface area (Å²) in [6.07, 6.45) is 0.725. The van der Waals surface area contributed by atoms with Crippen molar-refractivity contribution >= 4 is 17.5 Å². The second-order valence-electron chi connectivity index (χ2n) is 5.09. The van der Waals surface area contributed by atoms with Gasteiger partial charge in [0.1, 0.15) is 11.4 Å². The molecule has 0 saturated heterocycles. The summed E-state index contributed by atoms with van der Waals surface area (Å²) in [5.41, 5.74) is 2.93. The van der Waals surface area contributed by atoms with Gasteiger partial charge >= 0.3 is 5.97 Å². The second-order valence-corrected chi connectivity index (χ2v) is 5.09. The van der Waals surface area contributed by atoms with E-state index in [2.05, 4.69) is 10.2 Å². The maximum atomic E-state index is 13.5. The van der Waals surface area contributed by atoms with E-state index < -0.39 is 5.97 Å². The number of hydrogen-bond acceptors (Lipinski definition) is 4. The maximum absolute atomic E-state index is 13.5. The molecule has 1 aromatic carbocycles. The standard InChI is InChI=1S/C15H14FN3O2/c1-8-9(2)17-18-14(13(8)15(20)21)19-6-5-10-3-4-11(16)7-12(10)19/h3-4,7H,5-6H2,1-2H3,(H,20,21). The lowest BCUT2D eigenvalue weighted by Crippen LogP contribution is -2.21. The summed E-state index contributed by atoms with van der Waals surface area (Å²) in [5.74, 6) is -1.13. The van der Waals surface area contributed by atoms with Crippen LogP contribution in [0.1, 0.15) is 27.2 Å². The molecule has 1 aromatic heterocycles. The molecule has 1 aliphatic rings. The minimum atomic E-state index is -1.05. The van der Waals surface area contributed by atoms with Gasteiger partial charge in [0, 0.05) is 12.2 Å². The first-order chi connectivity index (χ1) is 9.99. The van der Waals surface area contributed by atoms with Gasteiger partial charge in [0.15, 0.2) is 5.82 Å². The van der Waals surface area contributed by atoms with Crippen LogP contribution in [-0.2, 0) is 6.42 Å². The quantitative estimate of drug-likeness (QED) is 0.919. The van der Waals surface area contributed by atoms with E-state index in [0.29, 0.717) is 23.5 Å². The Hall–Kier alpha value is -2.50. The Morgan fingerprint density at radius 3 is 2.81 bits per heavy atom. The van der Waals surface area contributed by atoms with Crippen molar-refractivity contribution in [1.82, 2.24) is 10.2 Å². The number of halogens is 1. The highest BCUT2D eigenvalue weighted by molar-refractivity contribution is 5.96. The normalized spacial score (nSPS) is 13.4. The van der Waals surface area contributed by atoms with E-state index in [1.54, 1.807) is 24.8 Å². The first-order valence-electron chi connectivity index (χ1n) is 6.62. The molecule has 2 aromatic rings. The lowest BCUT2D eigenvalue weighted by molar-refractivity contribution is 0.0696. The molecular weight excluding hydrogens is 273 g/mol. The molecule has 2 heterocycles. The molecule has 0 spiro atoms. The van der Waals surface area contributed by atoms with Crippen molar-refractivity contribution in [2.45, 2.75) is 20.3 Å². The molecular formula is C15H14FN3O2. The first kappa shape index (κ1) is 13.5. The summed E-state index contributed by atoms with van der Waals surface area (Å²) in [7, 11) is 0. The molecule has 0 fully saturated rings. The second kappa shape index (κ2) is 4.80. The molecule has 1 N–H and O–H groups in total. The smallest absolute Gasteiger partial charge is 0.339 e. The van der Waals surface area contributed by atoms with Crippen LogP contribution < -0.4 is 4.90 Å². The average molecular weight is 287 g/mol. The highest BCUT2D eigenvalue weighted by Gasteiger charge is 2.28. The lowest BCUT2D eigenvalue weighted by Gasteiger charge is -2.21. The zero-order chi connectivity index (χ0) is 15.1. The van der Waals surface area contributed by atoms with Gasteiger partial charge in [0.05, 0.1) is 5.69 Å². The van der Waals surface area contributed by atoms with Crippen molar-refractivity contribution in [3.63, 3.8) is 0 Å². The van der Waals surface area contributed by atoms with E-state index in [9.17, 15) is 14.3 Å². The summed E-state index contributed by atoms with van der Waals surface area (Å²) in [6, 6.07) is 4.54. The molecule has 0 saturated carbocycles. The van der Waals surface area contributed by atoms with Crippen molar-refractivity contribution in [1.29, 1.82) is 0 Å². The van der Waals surface area contributed by atoms with E-state index >= 15 is 0 Å². The SMILES string of the molecule is Cc1nnc(N2CCc3ccc(F)cc32)c(C(=O)O)c1C. The fourth-order valence-electron chi connectivity index (χ4n) is 2.61. The third-order valence-corrected chi connectivity index (χ3v) is 3.85. The summed E-state index contributed by atoms with van der Waals surface area (Å²) in [6.45, 7) is 3.99. The van der Waals surface area contributed by atoms with Crippen molar-refractivity contribution in [3.05, 3.63) is 46.4 Å². The van der Waals surface area contributed by atoms with E-state index in [4.69, 9.17) is 0 Å². The minimum Gasteiger partial charge on any atom is -0.478 e. The number of rotatable bonds is 2. The molecule has 0 amide bonds. The number of fused-ring (bicyclic) bond motifs is 1. The number of aryl methyl sites for hydroxylation is 1. The number of carbonyl (C=O) groups is 1. The van der Waals surface area contributed by atoms with Crippen LogP contribution in [-0.4, -0.2) is 27.8 Å². The van der Waals surface area contributed by atoms with Crippen molar-refractivity contribution in [3.8, 4) is 0 Å². The first-order valence-corrected chi connectivity index (χ1v) is 6.62. The molecule has 0 unspecified atom stereocenters. The molecule has 5 nitrogen and oxygen atoms in total. The number of anilines is 2. The molecule has 1 aliphatic heterocycles. The summed E-state index contributed by atoms with van der Waals surface area (Å²) in [4.78, 5) is 13.3. The summed E-state index contributed by atoms with van der Waals surface area (Å²) < 4.78 is 13.5. The highest BCUT2D eigenvalue weighted by atomic mass is 19.1. The predicted octanol–water partition coefficient (Wildman–Crippen LogP) is 2.62. The number of carboxylic acid groups (broad SMARTS) is 1. The molecule has 0 bridgehead atoms. The van der Waals surface area contributed by atoms with Crippen LogP contribution in [0.5, 0.6) is 0 Å². The Morgan fingerprint density at radius 1 is 1.33 bits per heavy atom. The van der Waals surface area contributed by atoms with E-state index in [-0.39, 0.29) is 17.2 Å². The van der Waals surface area contributed by atoms with Gasteiger partial charge in [0.2, 0.25) is 0 Å². The van der Waals surface area contributed by atoms with Gasteiger partial charge in [-0.15, -0.1) is 5.10 Å². The molecule has 108 valence electrons. The van der Waals surface area contributed by atoms with Crippen LogP contribution in [0.15, 0.2) is 18.2 Å². The Labute approximate surface area is 121 Å². The van der Waals surface area contributed by atoms with Gasteiger partial charge in [-0.25, -0.2) is 9.18 Å². The third kappa shape index (κ3) is 2.12. The van der Waals surface area contributed by atoms with Crippen LogP contribution in [0.25, 0.3) is 0 Å². The fraction of sp³-hybridized carbons (Fsp3) is 0.267. The Bertz CT molecular complexity index is 746. The van der Waals surface area contributed by atoms with Crippen molar-refractivity contribution < 1.29 is 14.3 Å². The summed E-state index contributed by atoms with van der Waals surface area (Å²) >= 11 is 0. The highest BCUT2D eigenvalue weighted by Crippen LogP contribution is 2.36. The van der Waals surface area contributed by atoms with E-state index in [1.165, 1.54) is 12.1 Å². The maximum Gasteiger partial charge on any atom is 0.339 e. The Balaban J connectivity index is 2.18. The van der Waals surface area contributed by atoms with Crippen LogP contribution in [0, 0.1) is 19.7 Å². The number of aromatic carboxylic acids is 1. The van der Waals surface area contributed by atoms with Gasteiger partial charge in [0.25, 0.3) is 0 Å². The van der Waals surface area contributed by atoms with Gasteiger partial charge in [-0.3, -0.25) is 0 Å². The zero-order valence-electron chi connectivity index (χ0n) is 11.7. The third-order valence-electron chi connectivity index (χ3n) is 3.85. The number of benzene rings is 1. The fourth-order valence-corrected chi connectivity index (χ4v) is 2.61. The van der Waals surface area contributed by atoms with Crippen molar-refractivity contribution in [2.24, 2.45) is 0 Å². The monoisotopic (exact) mass is 287 g/mol. The molecule has 0 radical (unpaired) electrons. The average Bonchev–Trinajstić information content (AvgIpc) is 2.84. The Morgan fingerprint density at radius 2 is 2.10 bits per heavy atom. The molecule has 21 heavy (non-hydrogen) atoms. The minimum absolute atomic E-state index is 0.125. The topological polar surface area (TPSA) is 66.3 Å². The van der Waals surface area contributed by atoms with Gasteiger partial charge in [-0.1, -0.05) is 6.07 Å². The predicted molar refractivity (Wildman–Crippen MR) is 75.6 cm³/mol. The molecule has 6 heteroatoms. The Kier molecular flexibility index (Phi) is 3.08.